The summed E-state index contributed by atoms with van der Waals surface area (Å²) < 4.78 is 1.38. The lowest BCUT2D eigenvalue weighted by atomic mass is 10.1. The van der Waals surface area contributed by atoms with Gasteiger partial charge in [-0.3, -0.25) is 4.79 Å². The molecule has 0 spiro atoms. The molecule has 0 saturated heterocycles. The minimum atomic E-state index is -0.276. The molecule has 0 fully saturated rings. The summed E-state index contributed by atoms with van der Waals surface area (Å²) in [4.78, 5) is 12.3. The Morgan fingerprint density at radius 2 is 1.90 bits per heavy atom. The van der Waals surface area contributed by atoms with Crippen LogP contribution in [0.3, 0.4) is 0 Å². The van der Waals surface area contributed by atoms with Crippen LogP contribution in [-0.2, 0) is 6.54 Å². The number of nitrogens with one attached hydrogen (secondary N) is 1. The Bertz CT molecular complexity index is 652. The second kappa shape index (κ2) is 6.76. The van der Waals surface area contributed by atoms with Gasteiger partial charge in [-0.2, -0.15) is 5.10 Å². The van der Waals surface area contributed by atoms with Crippen molar-refractivity contribution in [3.63, 3.8) is 0 Å². The molecule has 1 aromatic heterocycles. The van der Waals surface area contributed by atoms with Gasteiger partial charge in [-0.1, -0.05) is 55.8 Å². The lowest BCUT2D eigenvalue weighted by Crippen LogP contribution is -2.27. The Kier molecular flexibility index (Phi) is 5.02. The first-order valence-corrected chi connectivity index (χ1v) is 7.43. The smallest absolute Gasteiger partial charge is 0.287 e. The van der Waals surface area contributed by atoms with Crippen molar-refractivity contribution in [3.8, 4) is 0 Å². The molecule has 2 aromatic rings. The molecule has 4 nitrogen and oxygen atoms in total. The average Bonchev–Trinajstić information content (AvgIpc) is 2.47. The first-order valence-electron chi connectivity index (χ1n) is 7.05. The van der Waals surface area contributed by atoms with Gasteiger partial charge in [0.15, 0.2) is 0 Å². The van der Waals surface area contributed by atoms with Crippen LogP contribution in [0.5, 0.6) is 0 Å². The monoisotopic (exact) mass is 305 g/mol. The molecule has 2 rings (SSSR count). The van der Waals surface area contributed by atoms with E-state index in [1.54, 1.807) is 6.20 Å². The zero-order valence-corrected chi connectivity index (χ0v) is 13.3. The summed E-state index contributed by atoms with van der Waals surface area (Å²) in [6.07, 6.45) is 1.62. The van der Waals surface area contributed by atoms with Crippen molar-refractivity contribution < 1.29 is 0 Å². The van der Waals surface area contributed by atoms with Gasteiger partial charge in [-0.15, -0.1) is 0 Å². The maximum absolute atomic E-state index is 12.3. The van der Waals surface area contributed by atoms with Gasteiger partial charge in [0.05, 0.1) is 18.4 Å². The molecule has 1 aromatic carbocycles. The summed E-state index contributed by atoms with van der Waals surface area (Å²) in [5, 5.41) is 7.63. The van der Waals surface area contributed by atoms with Crippen molar-refractivity contribution in [1.82, 2.24) is 9.78 Å². The highest BCUT2D eigenvalue weighted by molar-refractivity contribution is 6.32. The van der Waals surface area contributed by atoms with Gasteiger partial charge in [0.2, 0.25) is 0 Å². The highest BCUT2D eigenvalue weighted by Gasteiger charge is 2.13. The number of hydrogen-bond donors (Lipinski definition) is 1. The van der Waals surface area contributed by atoms with Crippen molar-refractivity contribution in [2.24, 2.45) is 5.92 Å². The summed E-state index contributed by atoms with van der Waals surface area (Å²) in [5.41, 5.74) is 1.33. The average molecular weight is 306 g/mol. The molecule has 1 N–H and O–H groups in total. The number of hydrogen-bond acceptors (Lipinski definition) is 3. The van der Waals surface area contributed by atoms with E-state index in [0.29, 0.717) is 18.2 Å². The topological polar surface area (TPSA) is 46.9 Å². The minimum Gasteiger partial charge on any atom is -0.380 e. The maximum Gasteiger partial charge on any atom is 0.287 e. The molecule has 5 heteroatoms. The van der Waals surface area contributed by atoms with Gasteiger partial charge in [-0.25, -0.2) is 4.68 Å². The Hall–Kier alpha value is -1.81. The molecule has 0 aliphatic rings. The second-order valence-electron chi connectivity index (χ2n) is 5.50. The van der Waals surface area contributed by atoms with Crippen molar-refractivity contribution in [2.75, 3.05) is 5.32 Å². The van der Waals surface area contributed by atoms with Crippen molar-refractivity contribution in [2.45, 2.75) is 33.4 Å². The first-order chi connectivity index (χ1) is 9.99. The number of benzene rings is 1. The number of anilines is 1. The lowest BCUT2D eigenvalue weighted by molar-refractivity contribution is 0.558. The largest absolute Gasteiger partial charge is 0.380 e. The van der Waals surface area contributed by atoms with Gasteiger partial charge in [0.1, 0.15) is 5.02 Å². The van der Waals surface area contributed by atoms with Crippen molar-refractivity contribution in [3.05, 3.63) is 57.5 Å². The minimum absolute atomic E-state index is 0.188. The molecule has 0 bridgehead atoms. The standard InChI is InChI=1S/C16H20ClN3O/c1-11(2)12(3)19-14-9-18-20(16(21)15(14)17)10-13-7-5-4-6-8-13/h4-9,11-12,19H,10H2,1-3H3/t12-/m0/s1. The highest BCUT2D eigenvalue weighted by Crippen LogP contribution is 2.18. The van der Waals surface area contributed by atoms with E-state index in [1.807, 2.05) is 30.3 Å². The van der Waals surface area contributed by atoms with Crippen LogP contribution < -0.4 is 10.9 Å². The van der Waals surface area contributed by atoms with Gasteiger partial charge < -0.3 is 5.32 Å². The third kappa shape index (κ3) is 3.85. The van der Waals surface area contributed by atoms with Crippen LogP contribution in [0, 0.1) is 5.92 Å². The molecule has 21 heavy (non-hydrogen) atoms. The highest BCUT2D eigenvalue weighted by atomic mass is 35.5. The van der Waals surface area contributed by atoms with E-state index in [4.69, 9.17) is 11.6 Å². The van der Waals surface area contributed by atoms with Crippen LogP contribution in [0.25, 0.3) is 0 Å². The van der Waals surface area contributed by atoms with E-state index in [1.165, 1.54) is 4.68 Å². The van der Waals surface area contributed by atoms with Crippen LogP contribution in [-0.4, -0.2) is 15.8 Å². The fraction of sp³-hybridized carbons (Fsp3) is 0.375. The Labute approximate surface area is 129 Å². The van der Waals surface area contributed by atoms with Crippen LogP contribution in [0.15, 0.2) is 41.3 Å². The summed E-state index contributed by atoms with van der Waals surface area (Å²) >= 11 is 6.18. The second-order valence-corrected chi connectivity index (χ2v) is 5.88. The molecule has 0 radical (unpaired) electrons. The zero-order valence-electron chi connectivity index (χ0n) is 12.5. The van der Waals surface area contributed by atoms with Crippen LogP contribution in [0.2, 0.25) is 5.02 Å². The van der Waals surface area contributed by atoms with Crippen molar-refractivity contribution >= 4 is 17.3 Å². The molecule has 112 valence electrons. The van der Waals surface area contributed by atoms with E-state index in [9.17, 15) is 4.79 Å². The normalized spacial score (nSPS) is 12.4. The molecular formula is C16H20ClN3O. The maximum atomic E-state index is 12.3. The first kappa shape index (κ1) is 15.6. The van der Waals surface area contributed by atoms with Gasteiger partial charge >= 0.3 is 0 Å². The molecule has 0 amide bonds. The summed E-state index contributed by atoms with van der Waals surface area (Å²) in [5.74, 6) is 0.438. The molecule has 0 aliphatic carbocycles. The number of aromatic nitrogens is 2. The molecule has 0 unspecified atom stereocenters. The van der Waals surface area contributed by atoms with E-state index in [0.717, 1.165) is 5.56 Å². The summed E-state index contributed by atoms with van der Waals surface area (Å²) in [7, 11) is 0. The lowest BCUT2D eigenvalue weighted by Gasteiger charge is -2.19. The van der Waals surface area contributed by atoms with Crippen LogP contribution >= 0.6 is 11.6 Å². The van der Waals surface area contributed by atoms with Gasteiger partial charge in [0.25, 0.3) is 5.56 Å². The van der Waals surface area contributed by atoms with Crippen LogP contribution in [0.4, 0.5) is 5.69 Å². The quantitative estimate of drug-likeness (QED) is 0.921. The van der Waals surface area contributed by atoms with Gasteiger partial charge in [0, 0.05) is 6.04 Å². The van der Waals surface area contributed by atoms with E-state index >= 15 is 0 Å². The van der Waals surface area contributed by atoms with E-state index in [2.05, 4.69) is 31.2 Å². The molecule has 0 saturated carbocycles. The SMILES string of the molecule is CC(C)[C@H](C)Nc1cnn(Cc2ccccc2)c(=O)c1Cl. The number of nitrogens with zero attached hydrogens (tertiary/aromatic N) is 2. The zero-order chi connectivity index (χ0) is 15.4. The molecular weight excluding hydrogens is 286 g/mol. The van der Waals surface area contributed by atoms with Crippen molar-refractivity contribution in [1.29, 1.82) is 0 Å². The third-order valence-electron chi connectivity index (χ3n) is 3.54. The fourth-order valence-electron chi connectivity index (χ4n) is 1.85. The summed E-state index contributed by atoms with van der Waals surface area (Å²) in [6.45, 7) is 6.68. The predicted octanol–water partition coefficient (Wildman–Crippen LogP) is 3.40. The van der Waals surface area contributed by atoms with E-state index < -0.39 is 0 Å². The van der Waals surface area contributed by atoms with Gasteiger partial charge in [-0.05, 0) is 18.4 Å². The third-order valence-corrected chi connectivity index (χ3v) is 3.91. The Morgan fingerprint density at radius 1 is 1.24 bits per heavy atom. The Morgan fingerprint density at radius 3 is 2.52 bits per heavy atom. The Balaban J connectivity index is 2.24. The molecule has 1 heterocycles. The number of halogens is 1. The predicted molar refractivity (Wildman–Crippen MR) is 87.0 cm³/mol. The number of rotatable bonds is 5. The fourth-order valence-corrected chi connectivity index (χ4v) is 2.05. The van der Waals surface area contributed by atoms with Crippen LogP contribution in [0.1, 0.15) is 26.3 Å². The molecule has 0 aliphatic heterocycles. The molecule has 1 atom stereocenters. The summed E-state index contributed by atoms with van der Waals surface area (Å²) in [6, 6.07) is 9.93. The van der Waals surface area contributed by atoms with E-state index in [-0.39, 0.29) is 16.6 Å².